The molecule has 0 amide bonds. The zero-order valence-electron chi connectivity index (χ0n) is 6.77. The minimum atomic E-state index is 0.0667. The van der Waals surface area contributed by atoms with Crippen molar-refractivity contribution in [2.75, 3.05) is 5.75 Å². The van der Waals surface area contributed by atoms with Gasteiger partial charge in [0.15, 0.2) is 0 Å². The maximum Gasteiger partial charge on any atom is 0.114 e. The summed E-state index contributed by atoms with van der Waals surface area (Å²) < 4.78 is 0. The van der Waals surface area contributed by atoms with Gasteiger partial charge in [0.1, 0.15) is 5.03 Å². The summed E-state index contributed by atoms with van der Waals surface area (Å²) >= 11 is 1.56. The fourth-order valence-electron chi connectivity index (χ4n) is 0.608. The van der Waals surface area contributed by atoms with Crippen LogP contribution in [0.5, 0.6) is 0 Å². The van der Waals surface area contributed by atoms with Gasteiger partial charge in [-0.15, -0.1) is 11.8 Å². The monoisotopic (exact) mass is 179 g/mol. The molecule has 4 heteroatoms. The van der Waals surface area contributed by atoms with Crippen LogP contribution in [0.25, 0.3) is 0 Å². The second-order valence-corrected chi connectivity index (χ2v) is 3.43. The molecule has 0 N–H and O–H groups in total. The summed E-state index contributed by atoms with van der Waals surface area (Å²) in [6.07, 6.45) is 4.99. The third-order valence-corrected chi connectivity index (χ3v) is 2.41. The van der Waals surface area contributed by atoms with E-state index in [2.05, 4.69) is 16.0 Å². The first kappa shape index (κ1) is 9.01. The lowest BCUT2D eigenvalue weighted by atomic mass is 10.3. The molecule has 0 radical (unpaired) electrons. The largest absolute Gasteiger partial charge is 0.260 e. The van der Waals surface area contributed by atoms with Crippen LogP contribution in [0.2, 0.25) is 0 Å². The van der Waals surface area contributed by atoms with Crippen molar-refractivity contribution in [1.82, 2.24) is 9.97 Å². The first-order chi connectivity index (χ1) is 5.83. The Morgan fingerprint density at radius 1 is 1.67 bits per heavy atom. The van der Waals surface area contributed by atoms with Crippen molar-refractivity contribution in [3.05, 3.63) is 18.6 Å². The van der Waals surface area contributed by atoms with Gasteiger partial charge in [-0.1, -0.05) is 0 Å². The van der Waals surface area contributed by atoms with Gasteiger partial charge >= 0.3 is 0 Å². The lowest BCUT2D eigenvalue weighted by molar-refractivity contribution is 0.861. The summed E-state index contributed by atoms with van der Waals surface area (Å²) in [5, 5.41) is 9.39. The molecule has 1 rings (SSSR count). The van der Waals surface area contributed by atoms with Crippen LogP contribution in [0.3, 0.4) is 0 Å². The summed E-state index contributed by atoms with van der Waals surface area (Å²) in [5.74, 6) is 0.840. The van der Waals surface area contributed by atoms with E-state index in [0.717, 1.165) is 10.8 Å². The SMILES string of the molecule is CC(C#N)CSc1cnccn1. The van der Waals surface area contributed by atoms with Crippen molar-refractivity contribution in [2.45, 2.75) is 11.9 Å². The Kier molecular flexibility index (Phi) is 3.55. The van der Waals surface area contributed by atoms with Crippen LogP contribution in [-0.4, -0.2) is 15.7 Å². The summed E-state index contributed by atoms with van der Waals surface area (Å²) in [6.45, 7) is 1.89. The number of nitrogens with zero attached hydrogens (tertiary/aromatic N) is 3. The highest BCUT2D eigenvalue weighted by Gasteiger charge is 2.00. The molecule has 0 saturated carbocycles. The fourth-order valence-corrected chi connectivity index (χ4v) is 1.37. The van der Waals surface area contributed by atoms with Crippen molar-refractivity contribution in [3.8, 4) is 6.07 Å². The van der Waals surface area contributed by atoms with Crippen LogP contribution in [0.15, 0.2) is 23.6 Å². The van der Waals surface area contributed by atoms with Gasteiger partial charge in [0.2, 0.25) is 0 Å². The topological polar surface area (TPSA) is 49.6 Å². The Hall–Kier alpha value is -1.08. The number of rotatable bonds is 3. The molecule has 62 valence electrons. The average molecular weight is 179 g/mol. The molecule has 0 spiro atoms. The Balaban J connectivity index is 2.40. The third-order valence-electron chi connectivity index (χ3n) is 1.24. The van der Waals surface area contributed by atoms with Crippen LogP contribution in [0.1, 0.15) is 6.92 Å². The Morgan fingerprint density at radius 2 is 2.50 bits per heavy atom. The zero-order valence-corrected chi connectivity index (χ0v) is 7.58. The van der Waals surface area contributed by atoms with E-state index in [1.807, 2.05) is 6.92 Å². The first-order valence-electron chi connectivity index (χ1n) is 3.61. The molecule has 1 aromatic rings. The maximum absolute atomic E-state index is 8.51. The highest BCUT2D eigenvalue weighted by molar-refractivity contribution is 7.99. The number of thioether (sulfide) groups is 1. The normalized spacial score (nSPS) is 12.0. The predicted molar refractivity (Wildman–Crippen MR) is 47.5 cm³/mol. The average Bonchev–Trinajstić information content (AvgIpc) is 2.16. The van der Waals surface area contributed by atoms with E-state index in [9.17, 15) is 0 Å². The van der Waals surface area contributed by atoms with Crippen LogP contribution < -0.4 is 0 Å². The highest BCUT2D eigenvalue weighted by Crippen LogP contribution is 2.15. The summed E-state index contributed by atoms with van der Waals surface area (Å²) in [7, 11) is 0. The van der Waals surface area contributed by atoms with E-state index < -0.39 is 0 Å². The molecule has 0 aliphatic rings. The zero-order chi connectivity index (χ0) is 8.81. The molecule has 1 heterocycles. The number of aromatic nitrogens is 2. The van der Waals surface area contributed by atoms with Gasteiger partial charge < -0.3 is 0 Å². The van der Waals surface area contributed by atoms with Crippen LogP contribution in [0.4, 0.5) is 0 Å². The number of hydrogen-bond donors (Lipinski definition) is 0. The highest BCUT2D eigenvalue weighted by atomic mass is 32.2. The number of hydrogen-bond acceptors (Lipinski definition) is 4. The molecule has 0 aliphatic carbocycles. The molecule has 1 aromatic heterocycles. The third kappa shape index (κ3) is 2.89. The van der Waals surface area contributed by atoms with Gasteiger partial charge in [0.25, 0.3) is 0 Å². The lowest BCUT2D eigenvalue weighted by Crippen LogP contribution is -1.93. The minimum Gasteiger partial charge on any atom is -0.260 e. The van der Waals surface area contributed by atoms with Crippen molar-refractivity contribution >= 4 is 11.8 Å². The molecule has 0 saturated heterocycles. The summed E-state index contributed by atoms with van der Waals surface area (Å²) in [6, 6.07) is 2.17. The fraction of sp³-hybridized carbons (Fsp3) is 0.375. The van der Waals surface area contributed by atoms with Gasteiger partial charge in [0, 0.05) is 18.1 Å². The van der Waals surface area contributed by atoms with E-state index in [4.69, 9.17) is 5.26 Å². The lowest BCUT2D eigenvalue weighted by Gasteiger charge is -1.99. The second kappa shape index (κ2) is 4.73. The Bertz CT molecular complexity index is 267. The molecular formula is C8H9N3S. The van der Waals surface area contributed by atoms with Crippen LogP contribution in [-0.2, 0) is 0 Å². The van der Waals surface area contributed by atoms with Gasteiger partial charge in [-0.2, -0.15) is 5.26 Å². The van der Waals surface area contributed by atoms with Crippen molar-refractivity contribution in [3.63, 3.8) is 0 Å². The smallest absolute Gasteiger partial charge is 0.114 e. The van der Waals surface area contributed by atoms with Crippen LogP contribution >= 0.6 is 11.8 Å². The summed E-state index contributed by atoms with van der Waals surface area (Å²) in [5.41, 5.74) is 0. The molecule has 0 aliphatic heterocycles. The molecule has 1 atom stereocenters. The second-order valence-electron chi connectivity index (χ2n) is 2.38. The number of nitriles is 1. The molecule has 3 nitrogen and oxygen atoms in total. The molecule has 0 bridgehead atoms. The van der Waals surface area contributed by atoms with Crippen molar-refractivity contribution in [2.24, 2.45) is 5.92 Å². The van der Waals surface area contributed by atoms with Crippen molar-refractivity contribution in [1.29, 1.82) is 5.26 Å². The Labute approximate surface area is 75.8 Å². The minimum absolute atomic E-state index is 0.0667. The summed E-state index contributed by atoms with van der Waals surface area (Å²) in [4.78, 5) is 8.00. The molecule has 0 aromatic carbocycles. The molecule has 12 heavy (non-hydrogen) atoms. The van der Waals surface area contributed by atoms with Gasteiger partial charge in [-0.05, 0) is 6.92 Å². The van der Waals surface area contributed by atoms with Gasteiger partial charge in [-0.25, -0.2) is 4.98 Å². The standard InChI is InChI=1S/C8H9N3S/c1-7(4-9)6-12-8-5-10-2-3-11-8/h2-3,5,7H,6H2,1H3. The predicted octanol–water partition coefficient (Wildman–Crippen LogP) is 1.73. The van der Waals surface area contributed by atoms with E-state index in [-0.39, 0.29) is 5.92 Å². The van der Waals surface area contributed by atoms with Crippen LogP contribution in [0, 0.1) is 17.2 Å². The van der Waals surface area contributed by atoms with Gasteiger partial charge in [0.05, 0.1) is 18.2 Å². The van der Waals surface area contributed by atoms with Gasteiger partial charge in [-0.3, -0.25) is 4.98 Å². The van der Waals surface area contributed by atoms with E-state index in [0.29, 0.717) is 0 Å². The molecule has 1 unspecified atom stereocenters. The first-order valence-corrected chi connectivity index (χ1v) is 4.60. The van der Waals surface area contributed by atoms with E-state index in [1.54, 1.807) is 30.4 Å². The molecular weight excluding hydrogens is 170 g/mol. The van der Waals surface area contributed by atoms with E-state index >= 15 is 0 Å². The van der Waals surface area contributed by atoms with Crippen molar-refractivity contribution < 1.29 is 0 Å². The van der Waals surface area contributed by atoms with E-state index in [1.165, 1.54) is 0 Å². The maximum atomic E-state index is 8.51. The quantitative estimate of drug-likeness (QED) is 0.663. The Morgan fingerprint density at radius 3 is 3.08 bits per heavy atom. The molecule has 0 fully saturated rings.